The number of nitrogens with one attached hydrogen (secondary N) is 2. The third-order valence-electron chi connectivity index (χ3n) is 4.26. The molecular formula is C23H20N4. The first-order valence-corrected chi connectivity index (χ1v) is 8.85. The zero-order valence-corrected chi connectivity index (χ0v) is 15.1. The van der Waals surface area contributed by atoms with Gasteiger partial charge in [0.05, 0.1) is 17.1 Å². The van der Waals surface area contributed by atoms with Crippen LogP contribution in [0.2, 0.25) is 0 Å². The Bertz CT molecular complexity index is 1030. The van der Waals surface area contributed by atoms with Gasteiger partial charge >= 0.3 is 0 Å². The first-order chi connectivity index (χ1) is 13.3. The smallest absolute Gasteiger partial charge is 0.134 e. The molecule has 0 radical (unpaired) electrons. The number of hydrogen-bond donors (Lipinski definition) is 2. The predicted octanol–water partition coefficient (Wildman–Crippen LogP) is 5.94. The number of aryl methyl sites for hydroxylation is 1. The Kier molecular flexibility index (Phi) is 4.79. The zero-order valence-electron chi connectivity index (χ0n) is 15.1. The van der Waals surface area contributed by atoms with E-state index in [-0.39, 0.29) is 0 Å². The number of para-hydroxylation sites is 2. The number of nitrogens with zero attached hydrogens (tertiary/aromatic N) is 2. The van der Waals surface area contributed by atoms with Gasteiger partial charge in [0.25, 0.3) is 0 Å². The summed E-state index contributed by atoms with van der Waals surface area (Å²) in [5.41, 5.74) is 6.17. The molecule has 0 fully saturated rings. The van der Waals surface area contributed by atoms with Gasteiger partial charge in [0.1, 0.15) is 12.1 Å². The second-order valence-electron chi connectivity index (χ2n) is 6.32. The molecule has 4 rings (SSSR count). The Morgan fingerprint density at radius 1 is 0.667 bits per heavy atom. The highest BCUT2D eigenvalue weighted by molar-refractivity contribution is 5.78. The first-order valence-electron chi connectivity index (χ1n) is 8.85. The molecule has 4 nitrogen and oxygen atoms in total. The van der Waals surface area contributed by atoms with Gasteiger partial charge < -0.3 is 10.6 Å². The SMILES string of the molecule is Cc1ccc(Nc2ccccc2Nc2cc(-c3ccccc3)ncn2)cc1. The summed E-state index contributed by atoms with van der Waals surface area (Å²) in [4.78, 5) is 8.75. The van der Waals surface area contributed by atoms with Crippen LogP contribution < -0.4 is 10.6 Å². The summed E-state index contributed by atoms with van der Waals surface area (Å²) in [5, 5.41) is 6.86. The second-order valence-corrected chi connectivity index (χ2v) is 6.32. The van der Waals surface area contributed by atoms with E-state index in [1.165, 1.54) is 5.56 Å². The minimum absolute atomic E-state index is 0.752. The molecule has 0 aliphatic carbocycles. The maximum absolute atomic E-state index is 4.38. The number of anilines is 4. The monoisotopic (exact) mass is 352 g/mol. The van der Waals surface area contributed by atoms with Crippen LogP contribution in [-0.2, 0) is 0 Å². The molecule has 0 aliphatic rings. The molecule has 1 aromatic heterocycles. The molecule has 0 spiro atoms. The number of aromatic nitrogens is 2. The predicted molar refractivity (Wildman–Crippen MR) is 112 cm³/mol. The lowest BCUT2D eigenvalue weighted by atomic mass is 10.1. The van der Waals surface area contributed by atoms with Crippen LogP contribution in [-0.4, -0.2) is 9.97 Å². The van der Waals surface area contributed by atoms with Crippen LogP contribution in [0.1, 0.15) is 5.56 Å². The molecule has 4 aromatic rings. The molecule has 0 saturated carbocycles. The Labute approximate surface area is 159 Å². The summed E-state index contributed by atoms with van der Waals surface area (Å²) in [5.74, 6) is 0.752. The van der Waals surface area contributed by atoms with Crippen molar-refractivity contribution in [2.75, 3.05) is 10.6 Å². The Hall–Kier alpha value is -3.66. The zero-order chi connectivity index (χ0) is 18.5. The first kappa shape index (κ1) is 16.8. The van der Waals surface area contributed by atoms with E-state index in [0.29, 0.717) is 0 Å². The maximum Gasteiger partial charge on any atom is 0.134 e. The minimum Gasteiger partial charge on any atom is -0.354 e. The summed E-state index contributed by atoms with van der Waals surface area (Å²) < 4.78 is 0. The van der Waals surface area contributed by atoms with E-state index in [2.05, 4.69) is 51.8 Å². The van der Waals surface area contributed by atoms with Crippen molar-refractivity contribution in [2.24, 2.45) is 0 Å². The molecular weight excluding hydrogens is 332 g/mol. The topological polar surface area (TPSA) is 49.8 Å². The molecule has 0 unspecified atom stereocenters. The lowest BCUT2D eigenvalue weighted by molar-refractivity contribution is 1.17. The highest BCUT2D eigenvalue weighted by atomic mass is 15.0. The third-order valence-corrected chi connectivity index (χ3v) is 4.26. The van der Waals surface area contributed by atoms with Crippen molar-refractivity contribution in [1.29, 1.82) is 0 Å². The maximum atomic E-state index is 4.38. The van der Waals surface area contributed by atoms with Gasteiger partial charge in [0.2, 0.25) is 0 Å². The van der Waals surface area contributed by atoms with Crippen LogP contribution in [0.4, 0.5) is 22.9 Å². The van der Waals surface area contributed by atoms with Crippen LogP contribution in [0.3, 0.4) is 0 Å². The fourth-order valence-electron chi connectivity index (χ4n) is 2.82. The molecule has 4 heteroatoms. The molecule has 0 atom stereocenters. The van der Waals surface area contributed by atoms with Crippen molar-refractivity contribution < 1.29 is 0 Å². The fourth-order valence-corrected chi connectivity index (χ4v) is 2.82. The number of hydrogen-bond acceptors (Lipinski definition) is 4. The van der Waals surface area contributed by atoms with E-state index in [1.807, 2.05) is 60.7 Å². The molecule has 2 N–H and O–H groups in total. The molecule has 3 aromatic carbocycles. The average Bonchev–Trinajstić information content (AvgIpc) is 2.72. The Balaban J connectivity index is 1.59. The molecule has 132 valence electrons. The molecule has 27 heavy (non-hydrogen) atoms. The lowest BCUT2D eigenvalue weighted by Gasteiger charge is -2.14. The van der Waals surface area contributed by atoms with Crippen LogP contribution in [0.25, 0.3) is 11.3 Å². The van der Waals surface area contributed by atoms with Gasteiger partial charge in [-0.3, -0.25) is 0 Å². The van der Waals surface area contributed by atoms with E-state index in [9.17, 15) is 0 Å². The minimum atomic E-state index is 0.752. The number of benzene rings is 3. The highest BCUT2D eigenvalue weighted by Gasteiger charge is 2.06. The van der Waals surface area contributed by atoms with Crippen molar-refractivity contribution in [1.82, 2.24) is 9.97 Å². The molecule has 1 heterocycles. The van der Waals surface area contributed by atoms with Crippen LogP contribution in [0.15, 0.2) is 91.3 Å². The van der Waals surface area contributed by atoms with Gasteiger partial charge in [-0.25, -0.2) is 9.97 Å². The van der Waals surface area contributed by atoms with Gasteiger partial charge in [-0.15, -0.1) is 0 Å². The molecule has 0 saturated heterocycles. The van der Waals surface area contributed by atoms with E-state index in [0.717, 1.165) is 34.1 Å². The normalized spacial score (nSPS) is 10.4. The number of rotatable bonds is 5. The van der Waals surface area contributed by atoms with Crippen molar-refractivity contribution in [3.63, 3.8) is 0 Å². The van der Waals surface area contributed by atoms with Crippen molar-refractivity contribution in [3.8, 4) is 11.3 Å². The van der Waals surface area contributed by atoms with Gasteiger partial charge in [0.15, 0.2) is 0 Å². The van der Waals surface area contributed by atoms with Gasteiger partial charge in [-0.1, -0.05) is 60.2 Å². The summed E-state index contributed by atoms with van der Waals surface area (Å²) in [7, 11) is 0. The van der Waals surface area contributed by atoms with Crippen molar-refractivity contribution in [2.45, 2.75) is 6.92 Å². The van der Waals surface area contributed by atoms with E-state index in [4.69, 9.17) is 0 Å². The van der Waals surface area contributed by atoms with Gasteiger partial charge in [0, 0.05) is 17.3 Å². The Morgan fingerprint density at radius 2 is 1.33 bits per heavy atom. The van der Waals surface area contributed by atoms with E-state index >= 15 is 0 Å². The van der Waals surface area contributed by atoms with E-state index < -0.39 is 0 Å². The fraction of sp³-hybridized carbons (Fsp3) is 0.0435. The van der Waals surface area contributed by atoms with Crippen molar-refractivity contribution in [3.05, 3.63) is 96.8 Å². The third kappa shape index (κ3) is 4.12. The standard InChI is InChI=1S/C23H20N4/c1-17-11-13-19(14-12-17)26-20-9-5-6-10-21(20)27-23-15-22(24-16-25-23)18-7-3-2-4-8-18/h2-16,26H,1H3,(H,24,25,27). The molecule has 0 bridgehead atoms. The van der Waals surface area contributed by atoms with E-state index in [1.54, 1.807) is 6.33 Å². The summed E-state index contributed by atoms with van der Waals surface area (Å²) in [6, 6.07) is 28.5. The Morgan fingerprint density at radius 3 is 2.07 bits per heavy atom. The molecule has 0 aliphatic heterocycles. The van der Waals surface area contributed by atoms with Gasteiger partial charge in [-0.2, -0.15) is 0 Å². The van der Waals surface area contributed by atoms with Crippen molar-refractivity contribution >= 4 is 22.9 Å². The highest BCUT2D eigenvalue weighted by Crippen LogP contribution is 2.28. The second kappa shape index (κ2) is 7.70. The van der Waals surface area contributed by atoms with Crippen LogP contribution in [0, 0.1) is 6.92 Å². The summed E-state index contributed by atoms with van der Waals surface area (Å²) in [6.07, 6.45) is 1.58. The lowest BCUT2D eigenvalue weighted by Crippen LogP contribution is -1.99. The van der Waals surface area contributed by atoms with Crippen LogP contribution in [0.5, 0.6) is 0 Å². The average molecular weight is 352 g/mol. The van der Waals surface area contributed by atoms with Crippen LogP contribution >= 0.6 is 0 Å². The molecule has 0 amide bonds. The quantitative estimate of drug-likeness (QED) is 0.467. The summed E-state index contributed by atoms with van der Waals surface area (Å²) in [6.45, 7) is 2.08. The van der Waals surface area contributed by atoms with Gasteiger partial charge in [-0.05, 0) is 31.2 Å². The largest absolute Gasteiger partial charge is 0.354 e. The summed E-state index contributed by atoms with van der Waals surface area (Å²) >= 11 is 0.